The van der Waals surface area contributed by atoms with Crippen LogP contribution in [0.1, 0.15) is 78.4 Å². The lowest BCUT2D eigenvalue weighted by molar-refractivity contribution is -0.142. The highest BCUT2D eigenvalue weighted by molar-refractivity contribution is 5.96. The highest BCUT2D eigenvalue weighted by Crippen LogP contribution is 2.35. The van der Waals surface area contributed by atoms with Gasteiger partial charge in [0.15, 0.2) is 5.65 Å². The minimum atomic E-state index is -4.55. The van der Waals surface area contributed by atoms with E-state index in [1.54, 1.807) is 24.8 Å². The van der Waals surface area contributed by atoms with Crippen molar-refractivity contribution in [2.24, 2.45) is 0 Å². The number of alkyl halides is 3. The highest BCUT2D eigenvalue weighted by atomic mass is 19.4. The lowest BCUT2D eigenvalue weighted by Gasteiger charge is -2.31. The maximum Gasteiger partial charge on any atom is 0.433 e. The second-order valence-electron chi connectivity index (χ2n) is 9.38. The van der Waals surface area contributed by atoms with Crippen LogP contribution in [0.4, 0.5) is 13.2 Å². The summed E-state index contributed by atoms with van der Waals surface area (Å²) >= 11 is 0. The predicted molar refractivity (Wildman–Crippen MR) is 111 cm³/mol. The molecule has 32 heavy (non-hydrogen) atoms. The number of nitrogens with zero attached hydrogens (tertiary/aromatic N) is 5. The number of aryl methyl sites for hydroxylation is 2. The number of hydrogen-bond acceptors (Lipinski definition) is 5. The zero-order valence-electron chi connectivity index (χ0n) is 18.7. The first kappa shape index (κ1) is 22.3. The van der Waals surface area contributed by atoms with Gasteiger partial charge in [0.05, 0.1) is 17.1 Å². The second-order valence-corrected chi connectivity index (χ2v) is 9.38. The number of rotatable bonds is 2. The second kappa shape index (κ2) is 7.60. The van der Waals surface area contributed by atoms with Gasteiger partial charge in [-0.3, -0.25) is 4.79 Å². The monoisotopic (exact) mass is 449 g/mol. The summed E-state index contributed by atoms with van der Waals surface area (Å²) in [6.45, 7) is 9.87. The molecule has 0 aliphatic carbocycles. The van der Waals surface area contributed by atoms with Crippen molar-refractivity contribution < 1.29 is 22.5 Å². The molecule has 0 saturated carbocycles. The van der Waals surface area contributed by atoms with Crippen LogP contribution < -0.4 is 0 Å². The molecule has 1 saturated heterocycles. The number of fused-ring (bicyclic) bond motifs is 1. The fourth-order valence-electron chi connectivity index (χ4n) is 4.10. The van der Waals surface area contributed by atoms with Gasteiger partial charge in [-0.2, -0.15) is 18.3 Å². The molecule has 172 valence electrons. The third kappa shape index (κ3) is 3.98. The SMILES string of the molecule is Cc1noc(C)c1C(=O)N1CCC(c2cc3nc(C(C)(C)C)cc(C(F)(F)F)n3n2)CC1. The molecule has 3 aromatic heterocycles. The first-order valence-corrected chi connectivity index (χ1v) is 10.6. The molecular formula is C22H26F3N5O2. The quantitative estimate of drug-likeness (QED) is 0.568. The fraction of sp³-hybridized carbons (Fsp3) is 0.545. The molecule has 4 heterocycles. The van der Waals surface area contributed by atoms with E-state index in [1.807, 2.05) is 20.8 Å². The molecule has 4 rings (SSSR count). The van der Waals surface area contributed by atoms with Crippen LogP contribution in [-0.2, 0) is 11.6 Å². The highest BCUT2D eigenvalue weighted by Gasteiger charge is 2.37. The Bertz CT molecular complexity index is 1150. The van der Waals surface area contributed by atoms with Gasteiger partial charge in [0.1, 0.15) is 17.0 Å². The van der Waals surface area contributed by atoms with Crippen LogP contribution in [0, 0.1) is 13.8 Å². The molecule has 0 aromatic carbocycles. The van der Waals surface area contributed by atoms with Gasteiger partial charge in [0.25, 0.3) is 5.91 Å². The molecule has 0 spiro atoms. The number of aromatic nitrogens is 4. The van der Waals surface area contributed by atoms with Crippen molar-refractivity contribution >= 4 is 11.6 Å². The van der Waals surface area contributed by atoms with Gasteiger partial charge in [0, 0.05) is 30.5 Å². The Morgan fingerprint density at radius 2 is 1.78 bits per heavy atom. The van der Waals surface area contributed by atoms with Gasteiger partial charge in [-0.1, -0.05) is 25.9 Å². The van der Waals surface area contributed by atoms with Crippen LogP contribution in [0.25, 0.3) is 5.65 Å². The molecule has 0 unspecified atom stereocenters. The van der Waals surface area contributed by atoms with Crippen LogP contribution in [-0.4, -0.2) is 43.7 Å². The average Bonchev–Trinajstić information content (AvgIpc) is 3.28. The third-order valence-electron chi connectivity index (χ3n) is 5.95. The van der Waals surface area contributed by atoms with Gasteiger partial charge >= 0.3 is 6.18 Å². The number of amides is 1. The van der Waals surface area contributed by atoms with E-state index in [0.717, 1.165) is 10.6 Å². The van der Waals surface area contributed by atoms with E-state index in [0.29, 0.717) is 54.3 Å². The molecular weight excluding hydrogens is 423 g/mol. The largest absolute Gasteiger partial charge is 0.433 e. The number of hydrogen-bond donors (Lipinski definition) is 0. The van der Waals surface area contributed by atoms with E-state index in [9.17, 15) is 18.0 Å². The molecule has 0 atom stereocenters. The summed E-state index contributed by atoms with van der Waals surface area (Å²) in [5, 5.41) is 8.12. The third-order valence-corrected chi connectivity index (χ3v) is 5.95. The molecule has 10 heteroatoms. The molecule has 1 fully saturated rings. The Hall–Kier alpha value is -2.91. The van der Waals surface area contributed by atoms with E-state index >= 15 is 0 Å². The number of piperidine rings is 1. The van der Waals surface area contributed by atoms with Crippen molar-refractivity contribution in [3.05, 3.63) is 46.2 Å². The number of likely N-dealkylation sites (tertiary alicyclic amines) is 1. The summed E-state index contributed by atoms with van der Waals surface area (Å²) < 4.78 is 47.2. The zero-order chi connectivity index (χ0) is 23.4. The van der Waals surface area contributed by atoms with Crippen LogP contribution in [0.3, 0.4) is 0 Å². The lowest BCUT2D eigenvalue weighted by atomic mass is 9.91. The smallest absolute Gasteiger partial charge is 0.361 e. The molecule has 7 nitrogen and oxygen atoms in total. The van der Waals surface area contributed by atoms with Gasteiger partial charge in [-0.05, 0) is 32.8 Å². The summed E-state index contributed by atoms with van der Waals surface area (Å²) in [7, 11) is 0. The summed E-state index contributed by atoms with van der Waals surface area (Å²) in [4.78, 5) is 19.0. The van der Waals surface area contributed by atoms with Crippen molar-refractivity contribution in [3.8, 4) is 0 Å². The van der Waals surface area contributed by atoms with Crippen LogP contribution in [0.5, 0.6) is 0 Å². The first-order chi connectivity index (χ1) is 14.9. The van der Waals surface area contributed by atoms with Gasteiger partial charge < -0.3 is 9.42 Å². The number of carbonyl (C=O) groups is 1. The van der Waals surface area contributed by atoms with Crippen molar-refractivity contribution in [1.82, 2.24) is 24.7 Å². The topological polar surface area (TPSA) is 76.5 Å². The maximum absolute atomic E-state index is 13.7. The number of halogens is 3. The molecule has 3 aromatic rings. The Kier molecular flexibility index (Phi) is 5.29. The number of carbonyl (C=O) groups excluding carboxylic acids is 1. The normalized spacial score (nSPS) is 16.2. The minimum absolute atomic E-state index is 0.0513. The van der Waals surface area contributed by atoms with E-state index in [-0.39, 0.29) is 17.5 Å². The van der Waals surface area contributed by atoms with Crippen molar-refractivity contribution in [3.63, 3.8) is 0 Å². The maximum atomic E-state index is 13.7. The van der Waals surface area contributed by atoms with Gasteiger partial charge in [-0.25, -0.2) is 9.50 Å². The predicted octanol–water partition coefficient (Wildman–Crippen LogP) is 4.67. The molecule has 0 N–H and O–H groups in total. The van der Waals surface area contributed by atoms with E-state index < -0.39 is 17.3 Å². The summed E-state index contributed by atoms with van der Waals surface area (Å²) in [5.41, 5.74) is 0.789. The van der Waals surface area contributed by atoms with Crippen LogP contribution in [0.15, 0.2) is 16.7 Å². The Labute approximate surface area is 183 Å². The summed E-state index contributed by atoms with van der Waals surface area (Å²) in [5.74, 6) is 0.297. The minimum Gasteiger partial charge on any atom is -0.361 e. The van der Waals surface area contributed by atoms with Crippen molar-refractivity contribution in [1.29, 1.82) is 0 Å². The first-order valence-electron chi connectivity index (χ1n) is 10.6. The van der Waals surface area contributed by atoms with Gasteiger partial charge in [0.2, 0.25) is 0 Å². The van der Waals surface area contributed by atoms with Crippen LogP contribution >= 0.6 is 0 Å². The van der Waals surface area contributed by atoms with Crippen LogP contribution in [0.2, 0.25) is 0 Å². The zero-order valence-corrected chi connectivity index (χ0v) is 18.7. The van der Waals surface area contributed by atoms with E-state index in [4.69, 9.17) is 4.52 Å². The van der Waals surface area contributed by atoms with E-state index in [2.05, 4.69) is 15.2 Å². The molecule has 0 radical (unpaired) electrons. The Morgan fingerprint density at radius 1 is 1.12 bits per heavy atom. The molecule has 1 aliphatic heterocycles. The lowest BCUT2D eigenvalue weighted by Crippen LogP contribution is -2.38. The Balaban J connectivity index is 1.59. The molecule has 1 aliphatic rings. The van der Waals surface area contributed by atoms with Crippen molar-refractivity contribution in [2.75, 3.05) is 13.1 Å². The van der Waals surface area contributed by atoms with Gasteiger partial charge in [-0.15, -0.1) is 0 Å². The fourth-order valence-corrected chi connectivity index (χ4v) is 4.10. The Morgan fingerprint density at radius 3 is 2.31 bits per heavy atom. The summed E-state index contributed by atoms with van der Waals surface area (Å²) in [6, 6.07) is 2.72. The summed E-state index contributed by atoms with van der Waals surface area (Å²) in [6.07, 6.45) is -3.34. The average molecular weight is 449 g/mol. The van der Waals surface area contributed by atoms with Crippen molar-refractivity contribution in [2.45, 2.75) is 65.0 Å². The van der Waals surface area contributed by atoms with E-state index in [1.165, 1.54) is 0 Å². The standard InChI is InChI=1S/C22H26F3N5O2/c1-12-19(13(2)32-28-12)20(31)29-8-6-14(7-9-29)15-10-18-26-16(21(3,4)5)11-17(22(23,24)25)30(18)27-15/h10-11,14H,6-9H2,1-5H3. The molecule has 0 bridgehead atoms. The molecule has 1 amide bonds.